The van der Waals surface area contributed by atoms with Crippen LogP contribution in [0.3, 0.4) is 0 Å². The molecule has 0 amide bonds. The summed E-state index contributed by atoms with van der Waals surface area (Å²) in [5, 5.41) is 0. The van der Waals surface area contributed by atoms with Crippen LogP contribution in [0.5, 0.6) is 5.75 Å². The molecule has 0 spiro atoms. The Morgan fingerprint density at radius 2 is 1.64 bits per heavy atom. The number of pyridine rings is 1. The van der Waals surface area contributed by atoms with E-state index in [2.05, 4.69) is 9.72 Å². The number of aromatic nitrogens is 1. The number of halogens is 4. The van der Waals surface area contributed by atoms with Gasteiger partial charge < -0.3 is 4.74 Å². The molecular weight excluding hydrogens is 202 g/mol. The maximum Gasteiger partial charge on any atom is 0.255 e. The number of hydrogen-bond acceptors (Lipinski definition) is 2. The van der Waals surface area contributed by atoms with Crippen LogP contribution in [0.4, 0.5) is 17.6 Å². The predicted molar refractivity (Wildman–Crippen MR) is 38.4 cm³/mol. The van der Waals surface area contributed by atoms with Crippen LogP contribution in [0.25, 0.3) is 0 Å². The van der Waals surface area contributed by atoms with Crippen molar-refractivity contribution in [1.82, 2.24) is 4.98 Å². The van der Waals surface area contributed by atoms with E-state index in [0.717, 1.165) is 0 Å². The average molecular weight is 205 g/mol. The summed E-state index contributed by atoms with van der Waals surface area (Å²) in [6, 6.07) is 0. The molecule has 2 nitrogen and oxygen atoms in total. The summed E-state index contributed by atoms with van der Waals surface area (Å²) < 4.78 is 54.6. The first-order chi connectivity index (χ1) is 6.57. The van der Waals surface area contributed by atoms with E-state index >= 15 is 0 Å². The molecule has 6 heteroatoms. The smallest absolute Gasteiger partial charge is 0.255 e. The van der Waals surface area contributed by atoms with Crippen LogP contribution in [0.15, 0.2) is 0 Å². The molecule has 0 unspecified atom stereocenters. The maximum absolute atomic E-state index is 12.7. The van der Waals surface area contributed by atoms with Gasteiger partial charge in [-0.1, -0.05) is 5.92 Å². The van der Waals surface area contributed by atoms with Crippen LogP contribution in [0, 0.1) is 35.9 Å². The van der Waals surface area contributed by atoms with Crippen molar-refractivity contribution in [3.8, 4) is 18.1 Å². The Morgan fingerprint density at radius 1 is 1.14 bits per heavy atom. The Morgan fingerprint density at radius 3 is 2.07 bits per heavy atom. The molecule has 0 saturated carbocycles. The molecule has 0 aliphatic carbocycles. The molecule has 0 N–H and O–H groups in total. The molecule has 0 saturated heterocycles. The lowest BCUT2D eigenvalue weighted by molar-refractivity contribution is 0.295. The summed E-state index contributed by atoms with van der Waals surface area (Å²) in [4.78, 5) is 2.33. The van der Waals surface area contributed by atoms with Crippen molar-refractivity contribution in [2.24, 2.45) is 0 Å². The van der Waals surface area contributed by atoms with E-state index in [1.807, 2.05) is 5.92 Å². The number of hydrogen-bond donors (Lipinski definition) is 0. The molecule has 0 bridgehead atoms. The van der Waals surface area contributed by atoms with E-state index < -0.39 is 35.9 Å². The topological polar surface area (TPSA) is 22.1 Å². The van der Waals surface area contributed by atoms with E-state index in [-0.39, 0.29) is 0 Å². The third-order valence-electron chi connectivity index (χ3n) is 1.26. The Bertz CT molecular complexity index is 373. The number of terminal acetylenes is 1. The van der Waals surface area contributed by atoms with Crippen molar-refractivity contribution in [2.45, 2.75) is 0 Å². The lowest BCUT2D eigenvalue weighted by atomic mass is 10.4. The van der Waals surface area contributed by atoms with Gasteiger partial charge in [-0.25, -0.2) is 0 Å². The van der Waals surface area contributed by atoms with Crippen molar-refractivity contribution >= 4 is 0 Å². The molecule has 0 aliphatic rings. The maximum atomic E-state index is 12.7. The van der Waals surface area contributed by atoms with Crippen LogP contribution >= 0.6 is 0 Å². The number of nitrogens with zero attached hydrogens (tertiary/aromatic N) is 1. The molecule has 0 aromatic carbocycles. The summed E-state index contributed by atoms with van der Waals surface area (Å²) >= 11 is 0. The van der Waals surface area contributed by atoms with Crippen molar-refractivity contribution in [1.29, 1.82) is 0 Å². The summed E-state index contributed by atoms with van der Waals surface area (Å²) in [7, 11) is 0. The molecule has 0 radical (unpaired) electrons. The zero-order valence-corrected chi connectivity index (χ0v) is 6.65. The van der Waals surface area contributed by atoms with Crippen molar-refractivity contribution in [2.75, 3.05) is 6.61 Å². The van der Waals surface area contributed by atoms with Crippen LogP contribution in [0.1, 0.15) is 0 Å². The summed E-state index contributed by atoms with van der Waals surface area (Å²) in [6.45, 7) is -0.503. The zero-order chi connectivity index (χ0) is 10.7. The van der Waals surface area contributed by atoms with Gasteiger partial charge in [0.25, 0.3) is 11.9 Å². The highest BCUT2D eigenvalue weighted by Crippen LogP contribution is 2.24. The van der Waals surface area contributed by atoms with Gasteiger partial charge in [-0.2, -0.15) is 22.5 Å². The second-order valence-corrected chi connectivity index (χ2v) is 2.14. The fraction of sp³-hybridized carbons (Fsp3) is 0.125. The van der Waals surface area contributed by atoms with E-state index in [4.69, 9.17) is 6.42 Å². The number of ether oxygens (including phenoxy) is 1. The molecule has 0 atom stereocenters. The normalized spacial score (nSPS) is 9.64. The van der Waals surface area contributed by atoms with Crippen LogP contribution in [-0.2, 0) is 0 Å². The van der Waals surface area contributed by atoms with Gasteiger partial charge in [0.05, 0.1) is 0 Å². The Kier molecular flexibility index (Phi) is 2.92. The Balaban J connectivity index is 3.19. The predicted octanol–water partition coefficient (Wildman–Crippen LogP) is 1.65. The van der Waals surface area contributed by atoms with Crippen LogP contribution in [-0.4, -0.2) is 11.6 Å². The Labute approximate surface area is 76.5 Å². The molecule has 1 aromatic heterocycles. The lowest BCUT2D eigenvalue weighted by Crippen LogP contribution is -2.06. The second kappa shape index (κ2) is 3.96. The third-order valence-corrected chi connectivity index (χ3v) is 1.26. The largest absolute Gasteiger partial charge is 0.474 e. The molecule has 1 heterocycles. The molecule has 74 valence electrons. The van der Waals surface area contributed by atoms with Gasteiger partial charge in [-0.05, 0) is 0 Å². The molecule has 0 aliphatic heterocycles. The summed E-state index contributed by atoms with van der Waals surface area (Å²) in [6.07, 6.45) is 4.73. The van der Waals surface area contributed by atoms with E-state index in [1.54, 1.807) is 0 Å². The highest BCUT2D eigenvalue weighted by molar-refractivity contribution is 5.24. The highest BCUT2D eigenvalue weighted by Gasteiger charge is 2.21. The monoisotopic (exact) mass is 205 g/mol. The lowest BCUT2D eigenvalue weighted by Gasteiger charge is -2.05. The van der Waals surface area contributed by atoms with Gasteiger partial charge in [0.1, 0.15) is 6.61 Å². The van der Waals surface area contributed by atoms with Gasteiger partial charge in [-0.3, -0.25) is 0 Å². The van der Waals surface area contributed by atoms with Gasteiger partial charge in [0.2, 0.25) is 17.4 Å². The van der Waals surface area contributed by atoms with Gasteiger partial charge >= 0.3 is 0 Å². The fourth-order valence-electron chi connectivity index (χ4n) is 0.709. The van der Waals surface area contributed by atoms with Crippen molar-refractivity contribution < 1.29 is 22.3 Å². The molecule has 1 rings (SSSR count). The molecule has 0 fully saturated rings. The first-order valence-corrected chi connectivity index (χ1v) is 3.34. The minimum absolute atomic E-state index is 0.503. The van der Waals surface area contributed by atoms with Crippen LogP contribution < -0.4 is 4.74 Å². The molecular formula is C8H3F4NO. The van der Waals surface area contributed by atoms with Crippen molar-refractivity contribution in [3.05, 3.63) is 23.5 Å². The first kappa shape index (κ1) is 10.3. The highest BCUT2D eigenvalue weighted by atomic mass is 19.2. The first-order valence-electron chi connectivity index (χ1n) is 3.34. The fourth-order valence-corrected chi connectivity index (χ4v) is 0.709. The van der Waals surface area contributed by atoms with E-state index in [9.17, 15) is 17.6 Å². The molecule has 14 heavy (non-hydrogen) atoms. The van der Waals surface area contributed by atoms with Crippen LogP contribution in [0.2, 0.25) is 0 Å². The van der Waals surface area contributed by atoms with Gasteiger partial charge in [-0.15, -0.1) is 6.42 Å². The quantitative estimate of drug-likeness (QED) is 0.416. The average Bonchev–Trinajstić information content (AvgIpc) is 2.15. The van der Waals surface area contributed by atoms with Gasteiger partial charge in [0, 0.05) is 0 Å². The van der Waals surface area contributed by atoms with E-state index in [1.165, 1.54) is 0 Å². The standard InChI is InChI=1S/C8H3F4NO/c1-2-3-14-6-4(9)7(11)13-8(12)5(6)10/h1H,3H2. The zero-order valence-electron chi connectivity index (χ0n) is 6.65. The molecule has 1 aromatic rings. The summed E-state index contributed by atoms with van der Waals surface area (Å²) in [5.74, 6) is -6.29. The SMILES string of the molecule is C#CCOc1c(F)c(F)nc(F)c1F. The minimum atomic E-state index is -1.78. The number of rotatable bonds is 2. The van der Waals surface area contributed by atoms with E-state index in [0.29, 0.717) is 0 Å². The third kappa shape index (κ3) is 1.76. The van der Waals surface area contributed by atoms with Crippen molar-refractivity contribution in [3.63, 3.8) is 0 Å². The minimum Gasteiger partial charge on any atom is -0.474 e. The summed E-state index contributed by atoms with van der Waals surface area (Å²) in [5.41, 5.74) is 0. The second-order valence-electron chi connectivity index (χ2n) is 2.14. The Hall–Kier alpha value is -1.77. The van der Waals surface area contributed by atoms with Gasteiger partial charge in [0.15, 0.2) is 0 Å².